The quantitative estimate of drug-likeness (QED) is 0.779. The number of hydrogen-bond acceptors (Lipinski definition) is 6. The van der Waals surface area contributed by atoms with E-state index in [-0.39, 0.29) is 0 Å². The average molecular weight is 255 g/mol. The predicted molar refractivity (Wildman–Crippen MR) is 70.7 cm³/mol. The first-order chi connectivity index (χ1) is 8.92. The van der Waals surface area contributed by atoms with E-state index in [1.807, 2.05) is 23.6 Å². The van der Waals surface area contributed by atoms with Crippen LogP contribution in [0, 0.1) is 0 Å². The lowest BCUT2D eigenvalue weighted by atomic mass is 10.4. The van der Waals surface area contributed by atoms with Crippen LogP contribution in [0.4, 0.5) is 11.6 Å². The number of nitrogens with zero attached hydrogens (tertiary/aromatic N) is 4. The number of thiazole rings is 1. The zero-order valence-corrected chi connectivity index (χ0v) is 10.1. The Morgan fingerprint density at radius 2 is 1.94 bits per heavy atom. The Bertz CT molecular complexity index is 624. The van der Waals surface area contributed by atoms with Crippen LogP contribution in [0.2, 0.25) is 0 Å². The topological polar surface area (TPSA) is 63.6 Å². The van der Waals surface area contributed by atoms with Crippen LogP contribution in [0.25, 0.3) is 11.5 Å². The largest absolute Gasteiger partial charge is 0.325 e. The highest BCUT2D eigenvalue weighted by molar-refractivity contribution is 7.07. The Labute approximate surface area is 108 Å². The second-order valence-corrected chi connectivity index (χ2v) is 4.20. The van der Waals surface area contributed by atoms with E-state index >= 15 is 0 Å². The summed E-state index contributed by atoms with van der Waals surface area (Å²) < 4.78 is 0. The Kier molecular flexibility index (Phi) is 2.93. The molecule has 18 heavy (non-hydrogen) atoms. The second kappa shape index (κ2) is 4.89. The van der Waals surface area contributed by atoms with E-state index < -0.39 is 0 Å². The molecule has 0 saturated carbocycles. The standard InChI is InChI=1S/C12H9N5S/c1-2-5-13-10(3-1)16-11-4-6-14-12(17-11)9-7-18-8-15-9/h1-8H,(H,13,14,16,17). The van der Waals surface area contributed by atoms with Crippen molar-refractivity contribution in [3.8, 4) is 11.5 Å². The van der Waals surface area contributed by atoms with Gasteiger partial charge in [0.2, 0.25) is 0 Å². The van der Waals surface area contributed by atoms with E-state index in [9.17, 15) is 0 Å². The molecule has 0 saturated heterocycles. The molecule has 0 aliphatic carbocycles. The van der Waals surface area contributed by atoms with Gasteiger partial charge in [-0.25, -0.2) is 19.9 Å². The molecule has 3 aromatic heterocycles. The van der Waals surface area contributed by atoms with Gasteiger partial charge in [-0.2, -0.15) is 0 Å². The summed E-state index contributed by atoms with van der Waals surface area (Å²) in [6, 6.07) is 7.46. The van der Waals surface area contributed by atoms with Crippen LogP contribution in [0.1, 0.15) is 0 Å². The van der Waals surface area contributed by atoms with Crippen LogP contribution < -0.4 is 5.32 Å². The first kappa shape index (κ1) is 10.8. The Morgan fingerprint density at radius 3 is 2.72 bits per heavy atom. The zero-order chi connectivity index (χ0) is 12.2. The Balaban J connectivity index is 1.88. The summed E-state index contributed by atoms with van der Waals surface area (Å²) in [5.74, 6) is 2.06. The van der Waals surface area contributed by atoms with E-state index in [0.717, 1.165) is 11.5 Å². The number of nitrogens with one attached hydrogen (secondary N) is 1. The maximum atomic E-state index is 4.39. The van der Waals surface area contributed by atoms with Crippen LogP contribution in [-0.4, -0.2) is 19.9 Å². The van der Waals surface area contributed by atoms with E-state index in [2.05, 4.69) is 25.3 Å². The van der Waals surface area contributed by atoms with E-state index in [1.165, 1.54) is 11.3 Å². The fraction of sp³-hybridized carbons (Fsp3) is 0. The van der Waals surface area contributed by atoms with Gasteiger partial charge in [-0.15, -0.1) is 11.3 Å². The molecule has 3 aromatic rings. The molecule has 6 heteroatoms. The molecule has 0 fully saturated rings. The smallest absolute Gasteiger partial charge is 0.181 e. The highest BCUT2D eigenvalue weighted by atomic mass is 32.1. The molecule has 0 aromatic carbocycles. The number of rotatable bonds is 3. The minimum atomic E-state index is 0.609. The van der Waals surface area contributed by atoms with Crippen LogP contribution in [0.15, 0.2) is 47.5 Å². The maximum absolute atomic E-state index is 4.39. The van der Waals surface area contributed by atoms with Crippen LogP contribution in [0.5, 0.6) is 0 Å². The van der Waals surface area contributed by atoms with Crippen molar-refractivity contribution in [3.05, 3.63) is 47.5 Å². The third-order valence-corrected chi connectivity index (χ3v) is 2.82. The van der Waals surface area contributed by atoms with E-state index in [1.54, 1.807) is 24.0 Å². The van der Waals surface area contributed by atoms with Gasteiger partial charge >= 0.3 is 0 Å². The first-order valence-corrected chi connectivity index (χ1v) is 6.26. The monoisotopic (exact) mass is 255 g/mol. The van der Waals surface area contributed by atoms with Crippen LogP contribution in [-0.2, 0) is 0 Å². The molecule has 0 spiro atoms. The lowest BCUT2D eigenvalue weighted by Gasteiger charge is -2.04. The summed E-state index contributed by atoms with van der Waals surface area (Å²) in [4.78, 5) is 17.0. The predicted octanol–water partition coefficient (Wildman–Crippen LogP) is 2.74. The summed E-state index contributed by atoms with van der Waals surface area (Å²) in [7, 11) is 0. The number of pyridine rings is 1. The third kappa shape index (κ3) is 2.33. The van der Waals surface area contributed by atoms with Crippen molar-refractivity contribution in [1.82, 2.24) is 19.9 Å². The maximum Gasteiger partial charge on any atom is 0.181 e. The van der Waals surface area contributed by atoms with Gasteiger partial charge < -0.3 is 5.32 Å². The third-order valence-electron chi connectivity index (χ3n) is 2.24. The Hall–Kier alpha value is -2.34. The van der Waals surface area contributed by atoms with Gasteiger partial charge in [0.1, 0.15) is 17.3 Å². The van der Waals surface area contributed by atoms with Crippen LogP contribution in [0.3, 0.4) is 0 Å². The first-order valence-electron chi connectivity index (χ1n) is 5.31. The molecule has 0 radical (unpaired) electrons. The molecule has 0 aliphatic rings. The van der Waals surface area contributed by atoms with Crippen molar-refractivity contribution in [2.24, 2.45) is 0 Å². The summed E-state index contributed by atoms with van der Waals surface area (Å²) in [5, 5.41) is 5.04. The van der Waals surface area contributed by atoms with Gasteiger partial charge in [0, 0.05) is 17.8 Å². The summed E-state index contributed by atoms with van der Waals surface area (Å²) in [6.07, 6.45) is 3.43. The molecule has 3 rings (SSSR count). The van der Waals surface area contributed by atoms with Gasteiger partial charge in [-0.05, 0) is 18.2 Å². The normalized spacial score (nSPS) is 10.2. The minimum Gasteiger partial charge on any atom is -0.325 e. The van der Waals surface area contributed by atoms with Crippen molar-refractivity contribution in [3.63, 3.8) is 0 Å². The molecule has 0 unspecified atom stereocenters. The second-order valence-electron chi connectivity index (χ2n) is 3.48. The van der Waals surface area contributed by atoms with E-state index in [4.69, 9.17) is 0 Å². The molecule has 0 aliphatic heterocycles. The molecule has 5 nitrogen and oxygen atoms in total. The number of aromatic nitrogens is 4. The van der Waals surface area contributed by atoms with Crippen molar-refractivity contribution in [2.75, 3.05) is 5.32 Å². The van der Waals surface area contributed by atoms with Gasteiger partial charge in [0.15, 0.2) is 5.82 Å². The van der Waals surface area contributed by atoms with Crippen molar-refractivity contribution in [2.45, 2.75) is 0 Å². The zero-order valence-electron chi connectivity index (χ0n) is 9.32. The molecule has 0 amide bonds. The summed E-state index contributed by atoms with van der Waals surface area (Å²) in [5.41, 5.74) is 2.54. The van der Waals surface area contributed by atoms with Crippen molar-refractivity contribution >= 4 is 23.0 Å². The lowest BCUT2D eigenvalue weighted by Crippen LogP contribution is -1.98. The van der Waals surface area contributed by atoms with Crippen molar-refractivity contribution < 1.29 is 0 Å². The van der Waals surface area contributed by atoms with Crippen LogP contribution >= 0.6 is 11.3 Å². The molecular weight excluding hydrogens is 246 g/mol. The number of anilines is 2. The van der Waals surface area contributed by atoms with Gasteiger partial charge in [0.05, 0.1) is 5.51 Å². The highest BCUT2D eigenvalue weighted by Gasteiger charge is 2.04. The van der Waals surface area contributed by atoms with Gasteiger partial charge in [0.25, 0.3) is 0 Å². The summed E-state index contributed by atoms with van der Waals surface area (Å²) in [6.45, 7) is 0. The van der Waals surface area contributed by atoms with Gasteiger partial charge in [-0.3, -0.25) is 0 Å². The Morgan fingerprint density at radius 1 is 0.944 bits per heavy atom. The number of hydrogen-bond donors (Lipinski definition) is 1. The molecule has 3 heterocycles. The van der Waals surface area contributed by atoms with Crippen molar-refractivity contribution in [1.29, 1.82) is 0 Å². The molecule has 0 atom stereocenters. The lowest BCUT2D eigenvalue weighted by molar-refractivity contribution is 1.14. The fourth-order valence-electron chi connectivity index (χ4n) is 1.44. The average Bonchev–Trinajstić information content (AvgIpc) is 2.94. The molecule has 88 valence electrons. The van der Waals surface area contributed by atoms with Gasteiger partial charge in [-0.1, -0.05) is 6.07 Å². The highest BCUT2D eigenvalue weighted by Crippen LogP contribution is 2.17. The fourth-order valence-corrected chi connectivity index (χ4v) is 1.97. The summed E-state index contributed by atoms with van der Waals surface area (Å²) >= 11 is 1.52. The molecular formula is C12H9N5S. The molecule has 1 N–H and O–H groups in total. The minimum absolute atomic E-state index is 0.609. The SMILES string of the molecule is c1ccc(Nc2ccnc(-c3cscn3)n2)nc1. The van der Waals surface area contributed by atoms with E-state index in [0.29, 0.717) is 11.6 Å². The molecule has 0 bridgehead atoms.